The van der Waals surface area contributed by atoms with Gasteiger partial charge in [0.1, 0.15) is 0 Å². The lowest BCUT2D eigenvalue weighted by atomic mass is 9.84. The van der Waals surface area contributed by atoms with Crippen LogP contribution in [0.25, 0.3) is 16.7 Å². The van der Waals surface area contributed by atoms with Crippen LogP contribution in [0.4, 0.5) is 0 Å². The number of rotatable bonds is 9. The summed E-state index contributed by atoms with van der Waals surface area (Å²) in [6.45, 7) is 4.57. The summed E-state index contributed by atoms with van der Waals surface area (Å²) in [6, 6.07) is 18.4. The first kappa shape index (κ1) is 19.9. The molecule has 0 saturated carbocycles. The zero-order valence-electron chi connectivity index (χ0n) is 17.3. The Hall–Kier alpha value is -1.82. The number of aryl methyl sites for hydroxylation is 1. The second-order valence-corrected chi connectivity index (χ2v) is 8.24. The monoisotopic (exact) mass is 360 g/mol. The highest BCUT2D eigenvalue weighted by molar-refractivity contribution is 5.71. The molecule has 1 unspecified atom stereocenters. The summed E-state index contributed by atoms with van der Waals surface area (Å²) in [6.07, 6.45) is 15.6. The van der Waals surface area contributed by atoms with Gasteiger partial charge in [0.2, 0.25) is 0 Å². The zero-order chi connectivity index (χ0) is 18.9. The molecule has 1 aliphatic rings. The largest absolute Gasteiger partial charge is 0.0804 e. The molecule has 27 heavy (non-hydrogen) atoms. The number of hydrogen-bond donors (Lipinski definition) is 0. The van der Waals surface area contributed by atoms with Gasteiger partial charge >= 0.3 is 0 Å². The number of benzene rings is 2. The molecule has 1 atom stereocenters. The van der Waals surface area contributed by atoms with Crippen LogP contribution in [-0.2, 0) is 6.42 Å². The van der Waals surface area contributed by atoms with Gasteiger partial charge in [0, 0.05) is 0 Å². The molecule has 0 heterocycles. The number of unbranched alkanes of at least 4 members (excludes halogenated alkanes) is 3. The van der Waals surface area contributed by atoms with Crippen LogP contribution in [0.1, 0.15) is 82.8 Å². The molecule has 144 valence electrons. The first-order chi connectivity index (χ1) is 13.3. The molecule has 0 fully saturated rings. The Balaban J connectivity index is 1.59. The van der Waals surface area contributed by atoms with E-state index < -0.39 is 0 Å². The van der Waals surface area contributed by atoms with E-state index in [1.807, 2.05) is 0 Å². The third-order valence-corrected chi connectivity index (χ3v) is 6.08. The Labute approximate surface area is 166 Å². The summed E-state index contributed by atoms with van der Waals surface area (Å²) in [5.74, 6) is 0.915. The highest BCUT2D eigenvalue weighted by Crippen LogP contribution is 2.33. The maximum Gasteiger partial charge on any atom is -0.0184 e. The molecule has 2 aromatic rings. The molecule has 0 spiro atoms. The quantitative estimate of drug-likeness (QED) is 0.393. The van der Waals surface area contributed by atoms with Gasteiger partial charge in [-0.15, -0.1) is 0 Å². The van der Waals surface area contributed by atoms with Crippen LogP contribution < -0.4 is 0 Å². The smallest absolute Gasteiger partial charge is 0.0184 e. The van der Waals surface area contributed by atoms with Crippen LogP contribution in [0.2, 0.25) is 0 Å². The average molecular weight is 361 g/mol. The number of hydrogen-bond acceptors (Lipinski definition) is 0. The van der Waals surface area contributed by atoms with Crippen LogP contribution in [0.15, 0.2) is 54.6 Å². The highest BCUT2D eigenvalue weighted by atomic mass is 14.2. The van der Waals surface area contributed by atoms with E-state index in [2.05, 4.69) is 68.5 Å². The Bertz CT molecular complexity index is 703. The van der Waals surface area contributed by atoms with Crippen LogP contribution in [0.3, 0.4) is 0 Å². The van der Waals surface area contributed by atoms with Crippen LogP contribution in [0.5, 0.6) is 0 Å². The van der Waals surface area contributed by atoms with Gasteiger partial charge in [0.15, 0.2) is 0 Å². The molecule has 0 amide bonds. The summed E-state index contributed by atoms with van der Waals surface area (Å²) < 4.78 is 0. The van der Waals surface area contributed by atoms with E-state index >= 15 is 0 Å². The Kier molecular flexibility index (Phi) is 7.75. The number of allylic oxidation sites excluding steroid dienone is 2. The second kappa shape index (κ2) is 10.5. The molecule has 0 nitrogen and oxygen atoms in total. The molecule has 3 rings (SSSR count). The van der Waals surface area contributed by atoms with E-state index in [-0.39, 0.29) is 0 Å². The normalized spacial score (nSPS) is 17.0. The van der Waals surface area contributed by atoms with Gasteiger partial charge in [0.05, 0.1) is 0 Å². The van der Waals surface area contributed by atoms with E-state index in [1.165, 1.54) is 86.5 Å². The molecule has 0 N–H and O–H groups in total. The zero-order valence-corrected chi connectivity index (χ0v) is 17.3. The fourth-order valence-corrected chi connectivity index (χ4v) is 4.32. The maximum absolute atomic E-state index is 2.49. The van der Waals surface area contributed by atoms with Crippen molar-refractivity contribution in [2.24, 2.45) is 5.92 Å². The molecule has 0 aromatic heterocycles. The minimum atomic E-state index is 0.915. The minimum absolute atomic E-state index is 0.915. The van der Waals surface area contributed by atoms with E-state index in [4.69, 9.17) is 0 Å². The van der Waals surface area contributed by atoms with E-state index in [1.54, 1.807) is 5.57 Å². The lowest BCUT2D eigenvalue weighted by Crippen LogP contribution is -2.04. The second-order valence-electron chi connectivity index (χ2n) is 8.24. The van der Waals surface area contributed by atoms with Crippen molar-refractivity contribution in [1.82, 2.24) is 0 Å². The van der Waals surface area contributed by atoms with Crippen molar-refractivity contribution < 1.29 is 0 Å². The van der Waals surface area contributed by atoms with Crippen LogP contribution >= 0.6 is 0 Å². The van der Waals surface area contributed by atoms with Gasteiger partial charge in [-0.2, -0.15) is 0 Å². The Morgan fingerprint density at radius 3 is 2.00 bits per heavy atom. The summed E-state index contributed by atoms with van der Waals surface area (Å²) in [5, 5.41) is 0. The van der Waals surface area contributed by atoms with Gasteiger partial charge in [0.25, 0.3) is 0 Å². The molecule has 0 aliphatic heterocycles. The SMILES string of the molecule is CCCCCCc1ccc(-c2ccc(C3=CCC(CCC)CC3)cc2)cc1. The van der Waals surface area contributed by atoms with Crippen LogP contribution in [-0.4, -0.2) is 0 Å². The predicted molar refractivity (Wildman–Crippen MR) is 120 cm³/mol. The summed E-state index contributed by atoms with van der Waals surface area (Å²) in [5.41, 5.74) is 7.11. The lowest BCUT2D eigenvalue weighted by molar-refractivity contribution is 0.445. The lowest BCUT2D eigenvalue weighted by Gasteiger charge is -2.21. The molecule has 2 aromatic carbocycles. The molecule has 0 saturated heterocycles. The van der Waals surface area contributed by atoms with Crippen molar-refractivity contribution in [1.29, 1.82) is 0 Å². The summed E-state index contributed by atoms with van der Waals surface area (Å²) in [7, 11) is 0. The van der Waals surface area contributed by atoms with Gasteiger partial charge in [-0.3, -0.25) is 0 Å². The minimum Gasteiger partial charge on any atom is -0.0804 e. The van der Waals surface area contributed by atoms with E-state index in [9.17, 15) is 0 Å². The Morgan fingerprint density at radius 1 is 0.741 bits per heavy atom. The molecule has 0 bridgehead atoms. The first-order valence-corrected chi connectivity index (χ1v) is 11.2. The van der Waals surface area contributed by atoms with Crippen molar-refractivity contribution in [2.45, 2.75) is 78.1 Å². The van der Waals surface area contributed by atoms with E-state index in [0.29, 0.717) is 0 Å². The third kappa shape index (κ3) is 5.83. The van der Waals surface area contributed by atoms with Gasteiger partial charge in [-0.25, -0.2) is 0 Å². The van der Waals surface area contributed by atoms with Crippen molar-refractivity contribution >= 4 is 5.57 Å². The molecular weight excluding hydrogens is 324 g/mol. The van der Waals surface area contributed by atoms with Gasteiger partial charge < -0.3 is 0 Å². The van der Waals surface area contributed by atoms with Gasteiger partial charge in [-0.05, 0) is 65.8 Å². The molecule has 0 heteroatoms. The molecular formula is C27H36. The molecule has 0 radical (unpaired) electrons. The van der Waals surface area contributed by atoms with E-state index in [0.717, 1.165) is 5.92 Å². The van der Waals surface area contributed by atoms with Crippen molar-refractivity contribution in [3.63, 3.8) is 0 Å². The fourth-order valence-electron chi connectivity index (χ4n) is 4.32. The topological polar surface area (TPSA) is 0 Å². The van der Waals surface area contributed by atoms with Crippen molar-refractivity contribution in [2.75, 3.05) is 0 Å². The maximum atomic E-state index is 2.49. The van der Waals surface area contributed by atoms with Crippen molar-refractivity contribution in [3.05, 3.63) is 65.7 Å². The highest BCUT2D eigenvalue weighted by Gasteiger charge is 2.14. The fraction of sp³-hybridized carbons (Fsp3) is 0.481. The van der Waals surface area contributed by atoms with Crippen molar-refractivity contribution in [3.8, 4) is 11.1 Å². The summed E-state index contributed by atoms with van der Waals surface area (Å²) >= 11 is 0. The molecule has 1 aliphatic carbocycles. The standard InChI is InChI=1S/C27H36/c1-3-5-6-7-9-23-12-16-25(17-13-23)27-20-18-26(19-21-27)24-14-10-22(8-4-2)11-15-24/h12-14,16-22H,3-11,15H2,1-2H3. The van der Waals surface area contributed by atoms with Crippen LogP contribution in [0, 0.1) is 5.92 Å². The van der Waals surface area contributed by atoms with Gasteiger partial charge in [-0.1, -0.05) is 101 Å². The third-order valence-electron chi connectivity index (χ3n) is 6.08. The Morgan fingerprint density at radius 2 is 1.41 bits per heavy atom. The average Bonchev–Trinajstić information content (AvgIpc) is 2.73. The predicted octanol–water partition coefficient (Wildman–Crippen LogP) is 8.46. The summed E-state index contributed by atoms with van der Waals surface area (Å²) in [4.78, 5) is 0. The first-order valence-electron chi connectivity index (χ1n) is 11.2.